The first-order chi connectivity index (χ1) is 17.6. The van der Waals surface area contributed by atoms with Crippen molar-refractivity contribution in [3.8, 4) is 5.75 Å². The number of aliphatic hydroxyl groups excluding tert-OH is 3. The average Bonchev–Trinajstić information content (AvgIpc) is 3.28. The average molecular weight is 526 g/mol. The number of hydrogen-bond donors (Lipinski definition) is 5. The van der Waals surface area contributed by atoms with Crippen LogP contribution in [0.4, 0.5) is 35.3 Å². The van der Waals surface area contributed by atoms with Gasteiger partial charge in [0.15, 0.2) is 5.82 Å². The van der Waals surface area contributed by atoms with Crippen molar-refractivity contribution in [3.63, 3.8) is 0 Å². The first-order valence-electron chi connectivity index (χ1n) is 11.3. The fourth-order valence-electron chi connectivity index (χ4n) is 4.05. The second-order valence-corrected chi connectivity index (χ2v) is 8.50. The van der Waals surface area contributed by atoms with Crippen molar-refractivity contribution in [2.75, 3.05) is 48.0 Å². The number of aromatic nitrogens is 2. The molecule has 3 atom stereocenters. The molecule has 0 radical (unpaired) electrons. The van der Waals surface area contributed by atoms with Crippen LogP contribution >= 0.6 is 0 Å². The van der Waals surface area contributed by atoms with Crippen LogP contribution in [-0.2, 0) is 0 Å². The Morgan fingerprint density at radius 1 is 1.22 bits per heavy atom. The van der Waals surface area contributed by atoms with Crippen molar-refractivity contribution < 1.29 is 42.8 Å². The van der Waals surface area contributed by atoms with Crippen LogP contribution in [-0.4, -0.2) is 94.5 Å². The van der Waals surface area contributed by atoms with Crippen molar-refractivity contribution in [1.29, 1.82) is 0 Å². The summed E-state index contributed by atoms with van der Waals surface area (Å²) in [6, 6.07) is 2.29. The maximum atomic E-state index is 13.3. The van der Waals surface area contributed by atoms with Gasteiger partial charge in [0, 0.05) is 25.4 Å². The van der Waals surface area contributed by atoms with Crippen LogP contribution in [0.1, 0.15) is 16.9 Å². The summed E-state index contributed by atoms with van der Waals surface area (Å²) >= 11 is 0. The van der Waals surface area contributed by atoms with E-state index in [1.165, 1.54) is 35.4 Å². The summed E-state index contributed by atoms with van der Waals surface area (Å²) in [5.74, 6) is -0.647. The first kappa shape index (κ1) is 26.4. The third-order valence-electron chi connectivity index (χ3n) is 5.91. The molecule has 4 heterocycles. The predicted molar refractivity (Wildman–Crippen MR) is 124 cm³/mol. The van der Waals surface area contributed by atoms with Crippen LogP contribution in [0.5, 0.6) is 5.75 Å². The molecule has 0 aromatic carbocycles. The first-order valence-corrected chi connectivity index (χ1v) is 11.3. The van der Waals surface area contributed by atoms with Crippen molar-refractivity contribution in [1.82, 2.24) is 15.3 Å². The molecule has 4 rings (SSSR count). The van der Waals surface area contributed by atoms with Gasteiger partial charge in [-0.15, -0.1) is 0 Å². The summed E-state index contributed by atoms with van der Waals surface area (Å²) in [6.45, 7) is -0.871. The lowest BCUT2D eigenvalue weighted by Crippen LogP contribution is -2.49. The third-order valence-corrected chi connectivity index (χ3v) is 5.91. The molecule has 37 heavy (non-hydrogen) atoms. The largest absolute Gasteiger partial charge is 0.491 e. The van der Waals surface area contributed by atoms with Gasteiger partial charge in [-0.2, -0.15) is 13.2 Å². The highest BCUT2D eigenvalue weighted by Crippen LogP contribution is 2.39. The topological polar surface area (TPSA) is 160 Å². The number of nitrogens with one attached hydrogen (secondary N) is 2. The minimum absolute atomic E-state index is 0.102. The van der Waals surface area contributed by atoms with Crippen LogP contribution in [0.25, 0.3) is 0 Å². The van der Waals surface area contributed by atoms with Crippen LogP contribution in [0.2, 0.25) is 0 Å². The second kappa shape index (κ2) is 10.7. The monoisotopic (exact) mass is 526 g/mol. The third kappa shape index (κ3) is 5.84. The molecule has 2 aliphatic heterocycles. The molecular weight excluding hydrogens is 501 g/mol. The van der Waals surface area contributed by atoms with Crippen molar-refractivity contribution in [3.05, 3.63) is 36.2 Å². The minimum atomic E-state index is -4.85. The number of halogens is 3. The molecule has 2 aromatic rings. The minimum Gasteiger partial charge on any atom is -0.491 e. The summed E-state index contributed by atoms with van der Waals surface area (Å²) in [4.78, 5) is 37.4. The highest BCUT2D eigenvalue weighted by Gasteiger charge is 2.42. The molecule has 3 amide bonds. The van der Waals surface area contributed by atoms with Gasteiger partial charge in [0.25, 0.3) is 5.91 Å². The fourth-order valence-corrected chi connectivity index (χ4v) is 4.05. The maximum Gasteiger partial charge on any atom is 0.410 e. The van der Waals surface area contributed by atoms with E-state index in [2.05, 4.69) is 15.3 Å². The molecule has 1 fully saturated rings. The number of ether oxygens (including phenoxy) is 1. The molecule has 15 heteroatoms. The van der Waals surface area contributed by atoms with Crippen molar-refractivity contribution in [2.45, 2.75) is 30.8 Å². The van der Waals surface area contributed by atoms with E-state index < -0.39 is 43.5 Å². The number of hydrogen-bond acceptors (Lipinski definition) is 9. The van der Waals surface area contributed by atoms with E-state index in [0.29, 0.717) is 25.2 Å². The summed E-state index contributed by atoms with van der Waals surface area (Å²) in [7, 11) is 0. The summed E-state index contributed by atoms with van der Waals surface area (Å²) < 4.78 is 44.3. The standard InChI is InChI=1S/C22H25F3N6O6/c23-22(24,25)17(10-33)28-20(35)15-1-2-16-19(27-15)31(12-4-6-30(16)8-12)21(36)29-18-7-14(3-5-26-18)37-11-13(34)9-32/h1-3,5,7,12-13,17,32-34H,4,6,8-11H2,(H,28,35)(H,26,29,36)/t12-,13+,17+/m0/s1. The van der Waals surface area contributed by atoms with Gasteiger partial charge in [0.1, 0.15) is 36.0 Å². The Kier molecular flexibility index (Phi) is 7.65. The number of nitrogens with zero attached hydrogens (tertiary/aromatic N) is 4. The number of aliphatic hydroxyl groups is 3. The van der Waals surface area contributed by atoms with Crippen molar-refractivity contribution >= 4 is 29.3 Å². The smallest absolute Gasteiger partial charge is 0.410 e. The van der Waals surface area contributed by atoms with E-state index in [1.807, 2.05) is 4.90 Å². The Hall–Kier alpha value is -3.69. The van der Waals surface area contributed by atoms with E-state index in [0.717, 1.165) is 0 Å². The maximum absolute atomic E-state index is 13.3. The Labute approximate surface area is 208 Å². The Morgan fingerprint density at radius 3 is 2.70 bits per heavy atom. The quantitative estimate of drug-likeness (QED) is 0.330. The summed E-state index contributed by atoms with van der Waals surface area (Å²) in [6.07, 6.45) is -3.96. The van der Waals surface area contributed by atoms with Gasteiger partial charge >= 0.3 is 12.2 Å². The molecule has 2 aliphatic rings. The molecule has 1 saturated heterocycles. The van der Waals surface area contributed by atoms with Gasteiger partial charge in [-0.25, -0.2) is 14.8 Å². The fraction of sp³-hybridized carbons (Fsp3) is 0.455. The van der Waals surface area contributed by atoms with Gasteiger partial charge < -0.3 is 30.3 Å². The molecule has 0 aliphatic carbocycles. The number of fused-ring (bicyclic) bond motifs is 4. The van der Waals surface area contributed by atoms with Crippen LogP contribution < -0.4 is 25.2 Å². The number of carbonyl (C=O) groups excluding carboxylic acids is 2. The number of anilines is 3. The van der Waals surface area contributed by atoms with Gasteiger partial charge in [-0.1, -0.05) is 0 Å². The zero-order chi connectivity index (χ0) is 26.7. The predicted octanol–water partition coefficient (Wildman–Crippen LogP) is 0.492. The van der Waals surface area contributed by atoms with Gasteiger partial charge in [-0.3, -0.25) is 15.0 Å². The SMILES string of the molecule is O=C(N[C@H](CO)C(F)(F)F)c1ccc2c(n1)N(C(=O)Nc1cc(OC[C@H](O)CO)ccn1)[C@H]1CCN2C1. The second-order valence-electron chi connectivity index (χ2n) is 8.50. The van der Waals surface area contributed by atoms with Crippen LogP contribution in [0.3, 0.4) is 0 Å². The molecule has 0 saturated carbocycles. The number of rotatable bonds is 8. The summed E-state index contributed by atoms with van der Waals surface area (Å²) in [5, 5.41) is 31.7. The lowest BCUT2D eigenvalue weighted by atomic mass is 10.1. The Morgan fingerprint density at radius 2 is 2.00 bits per heavy atom. The van der Waals surface area contributed by atoms with Crippen LogP contribution in [0.15, 0.2) is 30.5 Å². The van der Waals surface area contributed by atoms with Crippen molar-refractivity contribution in [2.24, 2.45) is 0 Å². The zero-order valence-corrected chi connectivity index (χ0v) is 19.4. The molecular formula is C22H25F3N6O6. The van der Waals surface area contributed by atoms with Gasteiger partial charge in [0.2, 0.25) is 0 Å². The number of amides is 3. The van der Waals surface area contributed by atoms with Gasteiger partial charge in [-0.05, 0) is 24.6 Å². The van der Waals surface area contributed by atoms with E-state index in [1.54, 1.807) is 5.32 Å². The normalized spacial score (nSPS) is 18.2. The molecule has 5 N–H and O–H groups in total. The van der Waals surface area contributed by atoms with Gasteiger partial charge in [0.05, 0.1) is 24.9 Å². The number of carbonyl (C=O) groups is 2. The van der Waals surface area contributed by atoms with Crippen LogP contribution in [0, 0.1) is 0 Å². The molecule has 12 nitrogen and oxygen atoms in total. The summed E-state index contributed by atoms with van der Waals surface area (Å²) in [5.41, 5.74) is 0.190. The van der Waals surface area contributed by atoms with E-state index in [9.17, 15) is 27.9 Å². The lowest BCUT2D eigenvalue weighted by molar-refractivity contribution is -0.161. The van der Waals surface area contributed by atoms with E-state index in [4.69, 9.17) is 14.9 Å². The molecule has 2 bridgehead atoms. The van der Waals surface area contributed by atoms with E-state index in [-0.39, 0.29) is 35.7 Å². The van der Waals surface area contributed by atoms with E-state index >= 15 is 0 Å². The number of pyridine rings is 2. The Balaban J connectivity index is 1.55. The molecule has 2 aromatic heterocycles. The molecule has 200 valence electrons. The molecule has 0 unspecified atom stereocenters. The molecule has 0 spiro atoms. The Bertz CT molecular complexity index is 1150. The zero-order valence-electron chi connectivity index (χ0n) is 19.4. The highest BCUT2D eigenvalue weighted by atomic mass is 19.4. The number of urea groups is 1. The lowest BCUT2D eigenvalue weighted by Gasteiger charge is -2.35. The highest BCUT2D eigenvalue weighted by molar-refractivity contribution is 6.05. The number of alkyl halides is 3.